The largest absolute Gasteiger partial charge is 0.508 e. The molecule has 1 amide bonds. The summed E-state index contributed by atoms with van der Waals surface area (Å²) in [7, 11) is 0. The lowest BCUT2D eigenvalue weighted by Crippen LogP contribution is -2.30. The minimum Gasteiger partial charge on any atom is -0.508 e. The van der Waals surface area contributed by atoms with Gasteiger partial charge in [0.1, 0.15) is 5.75 Å². The number of rotatable bonds is 5. The van der Waals surface area contributed by atoms with E-state index >= 15 is 0 Å². The monoisotopic (exact) mass is 377 g/mol. The van der Waals surface area contributed by atoms with Crippen molar-refractivity contribution in [3.05, 3.63) is 65.7 Å². The number of phenols is 1. The Kier molecular flexibility index (Phi) is 4.82. The minimum atomic E-state index is -0.508. The van der Waals surface area contributed by atoms with E-state index in [0.717, 1.165) is 16.3 Å². The summed E-state index contributed by atoms with van der Waals surface area (Å²) in [5.41, 5.74) is 1.50. The van der Waals surface area contributed by atoms with E-state index in [1.165, 1.54) is 0 Å². The number of amides is 1. The molecule has 1 heterocycles. The fourth-order valence-electron chi connectivity index (χ4n) is 3.59. The number of carbonyl (C=O) groups excluding carboxylic acids is 1. The van der Waals surface area contributed by atoms with Crippen LogP contribution in [-0.4, -0.2) is 17.8 Å². The molecule has 0 radical (unpaired) electrons. The molecule has 0 aliphatic carbocycles. The summed E-state index contributed by atoms with van der Waals surface area (Å²) in [5.74, 6) is 1.63. The van der Waals surface area contributed by atoms with Crippen molar-refractivity contribution in [1.29, 1.82) is 0 Å². The molecule has 3 aromatic carbocycles. The standard InChI is InChI=1S/C23H23NO4/c1-14(2)11-21(26)24-23(16-8-10-19-20(12-16)28-13-27-19)22-17-6-4-3-5-15(17)7-9-18(22)25/h3-10,12,14,23,25H,11,13H2,1-2H3,(H,24,26). The second-order valence-corrected chi connectivity index (χ2v) is 7.43. The lowest BCUT2D eigenvalue weighted by atomic mass is 9.92. The Balaban J connectivity index is 1.84. The van der Waals surface area contributed by atoms with Crippen molar-refractivity contribution in [3.63, 3.8) is 0 Å². The molecule has 1 aliphatic rings. The fraction of sp³-hybridized carbons (Fsp3) is 0.261. The average molecular weight is 377 g/mol. The maximum absolute atomic E-state index is 12.6. The second kappa shape index (κ2) is 7.43. The maximum atomic E-state index is 12.6. The van der Waals surface area contributed by atoms with Crippen molar-refractivity contribution in [2.24, 2.45) is 5.92 Å². The molecule has 28 heavy (non-hydrogen) atoms. The van der Waals surface area contributed by atoms with Crippen LogP contribution in [0.3, 0.4) is 0 Å². The highest BCUT2D eigenvalue weighted by atomic mass is 16.7. The fourth-order valence-corrected chi connectivity index (χ4v) is 3.59. The summed E-state index contributed by atoms with van der Waals surface area (Å²) in [5, 5.41) is 15.7. The zero-order valence-electron chi connectivity index (χ0n) is 15.9. The highest BCUT2D eigenvalue weighted by Gasteiger charge is 2.25. The van der Waals surface area contributed by atoms with Gasteiger partial charge in [-0.2, -0.15) is 0 Å². The summed E-state index contributed by atoms with van der Waals surface area (Å²) in [6.45, 7) is 4.19. The highest BCUT2D eigenvalue weighted by Crippen LogP contribution is 2.40. The van der Waals surface area contributed by atoms with E-state index < -0.39 is 6.04 Å². The Bertz CT molecular complexity index is 1030. The van der Waals surface area contributed by atoms with Gasteiger partial charge in [-0.05, 0) is 40.5 Å². The third kappa shape index (κ3) is 3.48. The molecule has 0 saturated heterocycles. The van der Waals surface area contributed by atoms with Crippen molar-refractivity contribution in [2.45, 2.75) is 26.3 Å². The predicted molar refractivity (Wildman–Crippen MR) is 108 cm³/mol. The highest BCUT2D eigenvalue weighted by molar-refractivity contribution is 5.89. The van der Waals surface area contributed by atoms with Gasteiger partial charge >= 0.3 is 0 Å². The second-order valence-electron chi connectivity index (χ2n) is 7.43. The van der Waals surface area contributed by atoms with Crippen LogP contribution in [0.1, 0.15) is 37.4 Å². The topological polar surface area (TPSA) is 67.8 Å². The Morgan fingerprint density at radius 3 is 2.68 bits per heavy atom. The Hall–Kier alpha value is -3.21. The number of nitrogens with one attached hydrogen (secondary N) is 1. The van der Waals surface area contributed by atoms with E-state index in [-0.39, 0.29) is 24.4 Å². The van der Waals surface area contributed by atoms with Gasteiger partial charge in [0.15, 0.2) is 11.5 Å². The summed E-state index contributed by atoms with van der Waals surface area (Å²) in [4.78, 5) is 12.6. The van der Waals surface area contributed by atoms with Gasteiger partial charge in [0, 0.05) is 12.0 Å². The van der Waals surface area contributed by atoms with Gasteiger partial charge in [-0.1, -0.05) is 50.2 Å². The molecule has 1 atom stereocenters. The number of carbonyl (C=O) groups is 1. The van der Waals surface area contributed by atoms with E-state index in [1.807, 2.05) is 62.4 Å². The number of aromatic hydroxyl groups is 1. The summed E-state index contributed by atoms with van der Waals surface area (Å²) >= 11 is 0. The molecular weight excluding hydrogens is 354 g/mol. The molecule has 1 aliphatic heterocycles. The van der Waals surface area contributed by atoms with Crippen LogP contribution < -0.4 is 14.8 Å². The van der Waals surface area contributed by atoms with Crippen molar-refractivity contribution in [2.75, 3.05) is 6.79 Å². The van der Waals surface area contributed by atoms with E-state index in [4.69, 9.17) is 9.47 Å². The van der Waals surface area contributed by atoms with Gasteiger partial charge in [-0.25, -0.2) is 0 Å². The van der Waals surface area contributed by atoms with Crippen LogP contribution in [0.5, 0.6) is 17.2 Å². The number of ether oxygens (including phenoxy) is 2. The maximum Gasteiger partial charge on any atom is 0.231 e. The number of phenolic OH excluding ortho intramolecular Hbond substituents is 1. The Labute approximate surface area is 163 Å². The first-order chi connectivity index (χ1) is 13.5. The van der Waals surface area contributed by atoms with Crippen LogP contribution in [0.25, 0.3) is 10.8 Å². The van der Waals surface area contributed by atoms with Crippen LogP contribution in [0.2, 0.25) is 0 Å². The molecule has 0 fully saturated rings. The Morgan fingerprint density at radius 2 is 1.86 bits per heavy atom. The van der Waals surface area contributed by atoms with Crippen LogP contribution in [-0.2, 0) is 4.79 Å². The number of hydrogen-bond donors (Lipinski definition) is 2. The minimum absolute atomic E-state index is 0.0648. The molecule has 0 aromatic heterocycles. The van der Waals surface area contributed by atoms with Gasteiger partial charge in [-0.3, -0.25) is 4.79 Å². The zero-order valence-corrected chi connectivity index (χ0v) is 15.9. The van der Waals surface area contributed by atoms with E-state index in [1.54, 1.807) is 6.07 Å². The van der Waals surface area contributed by atoms with E-state index in [0.29, 0.717) is 23.5 Å². The van der Waals surface area contributed by atoms with E-state index in [2.05, 4.69) is 5.32 Å². The number of hydrogen-bond acceptors (Lipinski definition) is 4. The summed E-state index contributed by atoms with van der Waals surface area (Å²) < 4.78 is 10.9. The number of fused-ring (bicyclic) bond motifs is 2. The molecule has 1 unspecified atom stereocenters. The SMILES string of the molecule is CC(C)CC(=O)NC(c1ccc2c(c1)OCO2)c1c(O)ccc2ccccc12. The van der Waals surface area contributed by atoms with Crippen LogP contribution in [0.15, 0.2) is 54.6 Å². The van der Waals surface area contributed by atoms with Gasteiger partial charge in [-0.15, -0.1) is 0 Å². The quantitative estimate of drug-likeness (QED) is 0.686. The molecule has 2 N–H and O–H groups in total. The van der Waals surface area contributed by atoms with Crippen molar-refractivity contribution in [1.82, 2.24) is 5.32 Å². The predicted octanol–water partition coefficient (Wildman–Crippen LogP) is 4.53. The van der Waals surface area contributed by atoms with Gasteiger partial charge in [0.05, 0.1) is 6.04 Å². The first-order valence-corrected chi connectivity index (χ1v) is 9.42. The molecule has 5 heteroatoms. The van der Waals surface area contributed by atoms with Crippen molar-refractivity contribution >= 4 is 16.7 Å². The summed E-state index contributed by atoms with van der Waals surface area (Å²) in [6.07, 6.45) is 0.409. The molecule has 0 bridgehead atoms. The third-order valence-corrected chi connectivity index (χ3v) is 4.87. The van der Waals surface area contributed by atoms with Gasteiger partial charge in [0.2, 0.25) is 12.7 Å². The molecule has 5 nitrogen and oxygen atoms in total. The third-order valence-electron chi connectivity index (χ3n) is 4.87. The molecule has 0 saturated carbocycles. The smallest absolute Gasteiger partial charge is 0.231 e. The van der Waals surface area contributed by atoms with E-state index in [9.17, 15) is 9.90 Å². The normalized spacial score (nSPS) is 13.7. The van der Waals surface area contributed by atoms with Crippen molar-refractivity contribution < 1.29 is 19.4 Å². The van der Waals surface area contributed by atoms with Crippen LogP contribution in [0, 0.1) is 5.92 Å². The molecular formula is C23H23NO4. The molecule has 144 valence electrons. The van der Waals surface area contributed by atoms with Crippen molar-refractivity contribution in [3.8, 4) is 17.2 Å². The number of benzene rings is 3. The first kappa shape index (κ1) is 18.2. The van der Waals surface area contributed by atoms with Gasteiger partial charge < -0.3 is 19.9 Å². The lowest BCUT2D eigenvalue weighted by Gasteiger charge is -2.23. The lowest BCUT2D eigenvalue weighted by molar-refractivity contribution is -0.122. The first-order valence-electron chi connectivity index (χ1n) is 9.42. The molecule has 0 spiro atoms. The Morgan fingerprint density at radius 1 is 1.07 bits per heavy atom. The van der Waals surface area contributed by atoms with Crippen LogP contribution in [0.4, 0.5) is 0 Å². The zero-order chi connectivity index (χ0) is 19.7. The summed E-state index contributed by atoms with van der Waals surface area (Å²) in [6, 6.07) is 16.5. The molecule has 3 aromatic rings. The molecule has 4 rings (SSSR count). The van der Waals surface area contributed by atoms with Gasteiger partial charge in [0.25, 0.3) is 0 Å². The average Bonchev–Trinajstić information content (AvgIpc) is 3.14. The van der Waals surface area contributed by atoms with Crippen LogP contribution >= 0.6 is 0 Å².